The molecule has 0 aliphatic heterocycles. The van der Waals surface area contributed by atoms with Crippen molar-refractivity contribution in [1.82, 2.24) is 0 Å². The highest BCUT2D eigenvalue weighted by molar-refractivity contribution is 5.53. The maximum absolute atomic E-state index is 13.8. The Hall–Kier alpha value is -3.11. The molecule has 0 fully saturated rings. The molecule has 0 aliphatic rings. The molecule has 0 radical (unpaired) electrons. The van der Waals surface area contributed by atoms with E-state index in [9.17, 15) is 4.39 Å². The molecule has 0 amide bonds. The summed E-state index contributed by atoms with van der Waals surface area (Å²) in [7, 11) is 0. The number of halogens is 1. The van der Waals surface area contributed by atoms with Gasteiger partial charge in [-0.3, -0.25) is 0 Å². The van der Waals surface area contributed by atoms with Crippen LogP contribution in [-0.4, -0.2) is 0 Å². The van der Waals surface area contributed by atoms with Gasteiger partial charge in [0.05, 0.1) is 11.5 Å². The quantitative estimate of drug-likeness (QED) is 0.546. The largest absolute Gasteiger partial charge is 0.206 e. The zero-order chi connectivity index (χ0) is 16.6. The van der Waals surface area contributed by atoms with Gasteiger partial charge in [-0.1, -0.05) is 96.8 Å². The molecule has 3 aromatic rings. The molecule has 0 nitrogen and oxygen atoms in total. The Labute approximate surface area is 142 Å². The van der Waals surface area contributed by atoms with Crippen molar-refractivity contribution in [2.24, 2.45) is 0 Å². The molecule has 116 valence electrons. The lowest BCUT2D eigenvalue weighted by atomic mass is 9.98. The number of rotatable bonds is 3. The van der Waals surface area contributed by atoms with Gasteiger partial charge in [-0.15, -0.1) is 0 Å². The number of benzene rings is 3. The lowest BCUT2D eigenvalue weighted by molar-refractivity contribution is 0.624. The molecule has 1 heteroatoms. The Bertz CT molecular complexity index is 868. The van der Waals surface area contributed by atoms with Crippen molar-refractivity contribution in [3.63, 3.8) is 0 Å². The molecule has 0 aromatic heterocycles. The standard InChI is InChI=1S/C23H17F/c24-23-14-8-7-13-22(23)18-17-21(20-11-5-2-6-12-20)16-15-19-9-3-1-4-10-19/h1-16,21H/b16-15+. The fraction of sp³-hybridized carbons (Fsp3) is 0.0435. The van der Waals surface area contributed by atoms with Gasteiger partial charge in [0, 0.05) is 0 Å². The van der Waals surface area contributed by atoms with Gasteiger partial charge in [0.2, 0.25) is 0 Å². The van der Waals surface area contributed by atoms with Crippen molar-refractivity contribution >= 4 is 6.08 Å². The highest BCUT2D eigenvalue weighted by atomic mass is 19.1. The Morgan fingerprint density at radius 1 is 0.750 bits per heavy atom. The Kier molecular flexibility index (Phi) is 5.22. The van der Waals surface area contributed by atoms with Crippen LogP contribution in [-0.2, 0) is 0 Å². The Morgan fingerprint density at radius 3 is 2.08 bits per heavy atom. The minimum atomic E-state index is -0.288. The molecule has 0 heterocycles. The first-order valence-electron chi connectivity index (χ1n) is 7.87. The fourth-order valence-electron chi connectivity index (χ4n) is 2.39. The van der Waals surface area contributed by atoms with E-state index in [4.69, 9.17) is 0 Å². The lowest BCUT2D eigenvalue weighted by Gasteiger charge is -2.06. The van der Waals surface area contributed by atoms with Crippen molar-refractivity contribution in [2.75, 3.05) is 0 Å². The molecule has 0 bridgehead atoms. The van der Waals surface area contributed by atoms with E-state index >= 15 is 0 Å². The molecule has 3 aromatic carbocycles. The van der Waals surface area contributed by atoms with Crippen molar-refractivity contribution in [1.29, 1.82) is 0 Å². The maximum atomic E-state index is 13.8. The van der Waals surface area contributed by atoms with Crippen LogP contribution in [0.25, 0.3) is 6.08 Å². The summed E-state index contributed by atoms with van der Waals surface area (Å²) in [6.45, 7) is 0. The zero-order valence-corrected chi connectivity index (χ0v) is 13.2. The van der Waals surface area contributed by atoms with Crippen molar-refractivity contribution in [3.8, 4) is 11.8 Å². The molecule has 0 saturated heterocycles. The maximum Gasteiger partial charge on any atom is 0.138 e. The van der Waals surface area contributed by atoms with Gasteiger partial charge < -0.3 is 0 Å². The Balaban J connectivity index is 1.92. The van der Waals surface area contributed by atoms with Crippen molar-refractivity contribution in [2.45, 2.75) is 5.92 Å². The van der Waals surface area contributed by atoms with E-state index in [1.165, 1.54) is 6.07 Å². The summed E-state index contributed by atoms with van der Waals surface area (Å²) in [4.78, 5) is 0. The molecule has 3 rings (SSSR count). The van der Waals surface area contributed by atoms with E-state index in [1.807, 2.05) is 66.7 Å². The SMILES string of the molecule is Fc1ccccc1C#CC(/C=C/c1ccccc1)c1ccccc1. The van der Waals surface area contributed by atoms with Crippen LogP contribution >= 0.6 is 0 Å². The zero-order valence-electron chi connectivity index (χ0n) is 13.2. The summed E-state index contributed by atoms with van der Waals surface area (Å²) in [5.41, 5.74) is 2.63. The average molecular weight is 312 g/mol. The molecule has 1 atom stereocenters. The van der Waals surface area contributed by atoms with Gasteiger partial charge in [-0.2, -0.15) is 0 Å². The third kappa shape index (κ3) is 4.21. The smallest absolute Gasteiger partial charge is 0.138 e. The predicted octanol–water partition coefficient (Wildman–Crippen LogP) is 5.67. The first-order chi connectivity index (χ1) is 11.8. The third-order valence-electron chi connectivity index (χ3n) is 3.68. The molecular weight excluding hydrogens is 295 g/mol. The molecule has 0 N–H and O–H groups in total. The highest BCUT2D eigenvalue weighted by Gasteiger charge is 2.04. The van der Waals surface area contributed by atoms with Gasteiger partial charge in [-0.05, 0) is 23.3 Å². The topological polar surface area (TPSA) is 0 Å². The fourth-order valence-corrected chi connectivity index (χ4v) is 2.39. The number of hydrogen-bond donors (Lipinski definition) is 0. The van der Waals surface area contributed by atoms with Crippen LogP contribution in [0.15, 0.2) is 91.0 Å². The van der Waals surface area contributed by atoms with Crippen molar-refractivity contribution < 1.29 is 4.39 Å². The normalized spacial score (nSPS) is 11.7. The summed E-state index contributed by atoms with van der Waals surface area (Å²) in [5, 5.41) is 0. The van der Waals surface area contributed by atoms with Gasteiger partial charge in [0.15, 0.2) is 0 Å². The first kappa shape index (κ1) is 15.8. The summed E-state index contributed by atoms with van der Waals surface area (Å²) in [6.07, 6.45) is 4.10. The molecule has 0 aliphatic carbocycles. The summed E-state index contributed by atoms with van der Waals surface area (Å²) in [5.74, 6) is 5.78. The molecule has 24 heavy (non-hydrogen) atoms. The van der Waals surface area contributed by atoms with Crippen LogP contribution in [0.1, 0.15) is 22.6 Å². The van der Waals surface area contributed by atoms with Crippen LogP contribution in [0.2, 0.25) is 0 Å². The summed E-state index contributed by atoms with van der Waals surface area (Å²) in [6, 6.07) is 26.7. The summed E-state index contributed by atoms with van der Waals surface area (Å²) < 4.78 is 13.8. The van der Waals surface area contributed by atoms with Gasteiger partial charge in [-0.25, -0.2) is 4.39 Å². The van der Waals surface area contributed by atoms with Crippen LogP contribution in [0, 0.1) is 17.7 Å². The second kappa shape index (κ2) is 7.94. The first-order valence-corrected chi connectivity index (χ1v) is 7.87. The van der Waals surface area contributed by atoms with E-state index in [1.54, 1.807) is 18.2 Å². The van der Waals surface area contributed by atoms with Gasteiger partial charge >= 0.3 is 0 Å². The second-order valence-electron chi connectivity index (χ2n) is 5.41. The van der Waals surface area contributed by atoms with E-state index in [0.29, 0.717) is 5.56 Å². The van der Waals surface area contributed by atoms with Gasteiger partial charge in [0.25, 0.3) is 0 Å². The minimum Gasteiger partial charge on any atom is -0.206 e. The third-order valence-corrected chi connectivity index (χ3v) is 3.68. The molecule has 0 spiro atoms. The average Bonchev–Trinajstić information content (AvgIpc) is 2.65. The predicted molar refractivity (Wildman–Crippen MR) is 97.9 cm³/mol. The minimum absolute atomic E-state index is 0.0917. The van der Waals surface area contributed by atoms with E-state index in [0.717, 1.165) is 11.1 Å². The van der Waals surface area contributed by atoms with Crippen LogP contribution in [0.5, 0.6) is 0 Å². The van der Waals surface area contributed by atoms with E-state index in [-0.39, 0.29) is 11.7 Å². The molecular formula is C23H17F. The van der Waals surface area contributed by atoms with E-state index in [2.05, 4.69) is 17.9 Å². The summed E-state index contributed by atoms with van der Waals surface area (Å²) >= 11 is 0. The number of hydrogen-bond acceptors (Lipinski definition) is 0. The molecule has 0 saturated carbocycles. The van der Waals surface area contributed by atoms with Crippen molar-refractivity contribution in [3.05, 3.63) is 114 Å². The van der Waals surface area contributed by atoms with E-state index < -0.39 is 0 Å². The van der Waals surface area contributed by atoms with Crippen LogP contribution < -0.4 is 0 Å². The highest BCUT2D eigenvalue weighted by Crippen LogP contribution is 2.18. The number of allylic oxidation sites excluding steroid dienone is 1. The van der Waals surface area contributed by atoms with Gasteiger partial charge in [0.1, 0.15) is 5.82 Å². The second-order valence-corrected chi connectivity index (χ2v) is 5.41. The lowest BCUT2D eigenvalue weighted by Crippen LogP contribution is -1.92. The van der Waals surface area contributed by atoms with Crippen LogP contribution in [0.4, 0.5) is 4.39 Å². The Morgan fingerprint density at radius 2 is 1.38 bits per heavy atom. The van der Waals surface area contributed by atoms with Crippen LogP contribution in [0.3, 0.4) is 0 Å². The molecule has 1 unspecified atom stereocenters. The monoisotopic (exact) mass is 312 g/mol.